The van der Waals surface area contributed by atoms with Crippen LogP contribution in [0.3, 0.4) is 0 Å². The molecule has 1 atom stereocenters. The molecular weight excluding hydrogens is 653 g/mol. The Morgan fingerprint density at radius 2 is 0.792 bits per heavy atom. The lowest BCUT2D eigenvalue weighted by Crippen LogP contribution is -2.27. The van der Waals surface area contributed by atoms with E-state index in [1.165, 1.54) is 193 Å². The molecule has 0 bridgehead atoms. The van der Waals surface area contributed by atoms with Crippen molar-refractivity contribution < 1.29 is 19.4 Å². The van der Waals surface area contributed by atoms with Crippen molar-refractivity contribution in [3.8, 4) is 0 Å². The third-order valence-electron chi connectivity index (χ3n) is 10.5. The minimum Gasteiger partial charge on any atom is -0.457 e. The van der Waals surface area contributed by atoms with E-state index in [2.05, 4.69) is 50.3 Å². The lowest BCUT2D eigenvalue weighted by molar-refractivity contribution is -0.154. The number of unbranched alkanes of at least 4 members (excludes halogenated alkanes) is 30. The monoisotopic (exact) mass is 745 g/mol. The topological polar surface area (TPSA) is 55.8 Å². The van der Waals surface area contributed by atoms with Crippen LogP contribution in [0.2, 0.25) is 0 Å². The molecule has 0 aliphatic heterocycles. The molecule has 1 N–H and O–H groups in total. The highest BCUT2D eigenvalue weighted by atomic mass is 16.6. The molecule has 0 radical (unpaired) electrons. The molecule has 4 nitrogen and oxygen atoms in total. The molecule has 0 aliphatic rings. The fourth-order valence-electron chi connectivity index (χ4n) is 6.93. The molecular formula is C49H92O4. The molecule has 0 saturated heterocycles. The smallest absolute Gasteiger partial charge is 0.306 e. The van der Waals surface area contributed by atoms with Crippen molar-refractivity contribution >= 4 is 5.97 Å². The van der Waals surface area contributed by atoms with Crippen LogP contribution in [0.15, 0.2) is 36.5 Å². The summed E-state index contributed by atoms with van der Waals surface area (Å²) >= 11 is 0. The number of carbonyl (C=O) groups excluding carboxylic acids is 1. The van der Waals surface area contributed by atoms with Gasteiger partial charge in [-0.1, -0.05) is 224 Å². The first-order valence-corrected chi connectivity index (χ1v) is 23.6. The van der Waals surface area contributed by atoms with E-state index in [0.29, 0.717) is 19.6 Å². The maximum Gasteiger partial charge on any atom is 0.306 e. The predicted octanol–water partition coefficient (Wildman–Crippen LogP) is 15.7. The zero-order chi connectivity index (χ0) is 38.4. The van der Waals surface area contributed by atoms with Gasteiger partial charge in [-0.2, -0.15) is 0 Å². The minimum atomic E-state index is -0.535. The Morgan fingerprint density at radius 3 is 1.19 bits per heavy atom. The van der Waals surface area contributed by atoms with Gasteiger partial charge in [-0.15, -0.1) is 0 Å². The van der Waals surface area contributed by atoms with Gasteiger partial charge in [0.05, 0.1) is 13.2 Å². The lowest BCUT2D eigenvalue weighted by Gasteiger charge is -2.16. The van der Waals surface area contributed by atoms with Crippen molar-refractivity contribution in [1.82, 2.24) is 0 Å². The van der Waals surface area contributed by atoms with E-state index < -0.39 is 6.10 Å². The van der Waals surface area contributed by atoms with Gasteiger partial charge < -0.3 is 14.6 Å². The number of carbonyl (C=O) groups is 1. The second-order valence-corrected chi connectivity index (χ2v) is 15.8. The first-order chi connectivity index (χ1) is 26.2. The van der Waals surface area contributed by atoms with Crippen LogP contribution in [-0.4, -0.2) is 37.0 Å². The van der Waals surface area contributed by atoms with Gasteiger partial charge in [0.25, 0.3) is 0 Å². The molecule has 0 spiro atoms. The average Bonchev–Trinajstić information content (AvgIpc) is 3.16. The standard InChI is InChI=1S/C49H92O4/c1-3-5-7-9-11-13-15-17-19-21-22-23-24-25-26-27-29-31-33-35-37-39-41-43-45-52-47-48(46-50)53-49(51)44-42-40-38-36-34-32-30-28-20-18-16-14-12-10-8-6-4-2/h15,17,21-22,24-25,48,50H,3-14,16,18-20,23,26-47H2,1-2H3/b17-15-,22-21-,25-24-. The van der Waals surface area contributed by atoms with Crippen molar-refractivity contribution in [1.29, 1.82) is 0 Å². The van der Waals surface area contributed by atoms with Gasteiger partial charge in [0.2, 0.25) is 0 Å². The lowest BCUT2D eigenvalue weighted by atomic mass is 10.0. The van der Waals surface area contributed by atoms with Crippen molar-refractivity contribution in [2.45, 2.75) is 251 Å². The fraction of sp³-hybridized carbons (Fsp3) is 0.857. The van der Waals surface area contributed by atoms with Gasteiger partial charge in [0, 0.05) is 13.0 Å². The summed E-state index contributed by atoms with van der Waals surface area (Å²) in [5, 5.41) is 9.62. The van der Waals surface area contributed by atoms with Crippen LogP contribution in [-0.2, 0) is 14.3 Å². The van der Waals surface area contributed by atoms with Gasteiger partial charge in [-0.25, -0.2) is 0 Å². The van der Waals surface area contributed by atoms with Crippen molar-refractivity contribution in [2.75, 3.05) is 19.8 Å². The SMILES string of the molecule is CCCCCCC/C=C\C/C=C\C/C=C\CCCCCCCCCCCOCC(CO)OC(=O)CCCCCCCCCCCCCCCCCCC. The van der Waals surface area contributed by atoms with Crippen molar-refractivity contribution in [3.63, 3.8) is 0 Å². The molecule has 0 aromatic rings. The number of esters is 1. The molecule has 0 amide bonds. The first-order valence-electron chi connectivity index (χ1n) is 23.6. The maximum atomic E-state index is 12.2. The largest absolute Gasteiger partial charge is 0.457 e. The van der Waals surface area contributed by atoms with E-state index in [1.807, 2.05) is 0 Å². The molecule has 0 fully saturated rings. The van der Waals surface area contributed by atoms with Crippen LogP contribution in [0.5, 0.6) is 0 Å². The van der Waals surface area contributed by atoms with Gasteiger partial charge in [-0.3, -0.25) is 4.79 Å². The van der Waals surface area contributed by atoms with E-state index in [0.717, 1.165) is 32.1 Å². The highest BCUT2D eigenvalue weighted by Crippen LogP contribution is 2.15. The zero-order valence-corrected chi connectivity index (χ0v) is 35.8. The summed E-state index contributed by atoms with van der Waals surface area (Å²) in [5.74, 6) is -0.199. The van der Waals surface area contributed by atoms with Gasteiger partial charge >= 0.3 is 5.97 Å². The molecule has 1 unspecified atom stereocenters. The average molecular weight is 745 g/mol. The Kier molecular flexibility index (Phi) is 45.5. The number of allylic oxidation sites excluding steroid dienone is 6. The molecule has 0 heterocycles. The number of ether oxygens (including phenoxy) is 2. The fourth-order valence-corrected chi connectivity index (χ4v) is 6.93. The van der Waals surface area contributed by atoms with E-state index >= 15 is 0 Å². The Labute approximate surface area is 331 Å². The van der Waals surface area contributed by atoms with Gasteiger partial charge in [0.15, 0.2) is 0 Å². The van der Waals surface area contributed by atoms with E-state index in [-0.39, 0.29) is 12.6 Å². The zero-order valence-electron chi connectivity index (χ0n) is 35.8. The van der Waals surface area contributed by atoms with Crippen LogP contribution < -0.4 is 0 Å². The summed E-state index contributed by atoms with van der Waals surface area (Å²) in [4.78, 5) is 12.2. The molecule has 0 aromatic carbocycles. The van der Waals surface area contributed by atoms with Gasteiger partial charge in [0.1, 0.15) is 6.10 Å². The van der Waals surface area contributed by atoms with Crippen LogP contribution in [0.1, 0.15) is 245 Å². The first kappa shape index (κ1) is 51.6. The number of hydrogen-bond acceptors (Lipinski definition) is 4. The van der Waals surface area contributed by atoms with Crippen LogP contribution in [0, 0.1) is 0 Å². The normalized spacial score (nSPS) is 12.6. The summed E-state index contributed by atoms with van der Waals surface area (Å²) in [7, 11) is 0. The van der Waals surface area contributed by atoms with E-state index in [1.54, 1.807) is 0 Å². The highest BCUT2D eigenvalue weighted by Gasteiger charge is 2.13. The number of aliphatic hydroxyl groups is 1. The van der Waals surface area contributed by atoms with E-state index in [4.69, 9.17) is 9.47 Å². The summed E-state index contributed by atoms with van der Waals surface area (Å²) in [6, 6.07) is 0. The Hall–Kier alpha value is -1.39. The third kappa shape index (κ3) is 44.9. The maximum absolute atomic E-state index is 12.2. The summed E-state index contributed by atoms with van der Waals surface area (Å²) < 4.78 is 11.2. The third-order valence-corrected chi connectivity index (χ3v) is 10.5. The van der Waals surface area contributed by atoms with Crippen LogP contribution in [0.25, 0.3) is 0 Å². The van der Waals surface area contributed by atoms with Crippen LogP contribution in [0.4, 0.5) is 0 Å². The number of hydrogen-bond donors (Lipinski definition) is 1. The Bertz CT molecular complexity index is 787. The number of rotatable bonds is 44. The van der Waals surface area contributed by atoms with Gasteiger partial charge in [-0.05, 0) is 51.4 Å². The Morgan fingerprint density at radius 1 is 0.453 bits per heavy atom. The molecule has 53 heavy (non-hydrogen) atoms. The highest BCUT2D eigenvalue weighted by molar-refractivity contribution is 5.69. The second-order valence-electron chi connectivity index (χ2n) is 15.8. The number of aliphatic hydroxyl groups excluding tert-OH is 1. The Balaban J connectivity index is 3.41. The summed E-state index contributed by atoms with van der Waals surface area (Å²) in [5.41, 5.74) is 0. The quantitative estimate of drug-likeness (QED) is 0.0383. The minimum absolute atomic E-state index is 0.171. The molecule has 0 saturated carbocycles. The van der Waals surface area contributed by atoms with Crippen molar-refractivity contribution in [2.24, 2.45) is 0 Å². The second kappa shape index (κ2) is 46.8. The summed E-state index contributed by atoms with van der Waals surface area (Å²) in [6.07, 6.45) is 59.3. The molecule has 4 heteroatoms. The molecule has 0 aromatic heterocycles. The molecule has 0 rings (SSSR count). The summed E-state index contributed by atoms with van der Waals surface area (Å²) in [6.45, 7) is 5.36. The van der Waals surface area contributed by atoms with Crippen LogP contribution >= 0.6 is 0 Å². The molecule has 0 aliphatic carbocycles. The molecule has 312 valence electrons. The predicted molar refractivity (Wildman–Crippen MR) is 233 cm³/mol. The van der Waals surface area contributed by atoms with E-state index in [9.17, 15) is 9.90 Å². The van der Waals surface area contributed by atoms with Crippen molar-refractivity contribution in [3.05, 3.63) is 36.5 Å².